The highest BCUT2D eigenvalue weighted by molar-refractivity contribution is 6.32. The molecule has 0 radical (unpaired) electrons. The first-order chi connectivity index (χ1) is 9.15. The largest absolute Gasteiger partial charge is 0.454 e. The highest BCUT2D eigenvalue weighted by atomic mass is 35.5. The fourth-order valence-corrected chi connectivity index (χ4v) is 1.69. The van der Waals surface area contributed by atoms with Gasteiger partial charge in [0.05, 0.1) is 16.7 Å². The summed E-state index contributed by atoms with van der Waals surface area (Å²) in [5.41, 5.74) is 0.194. The van der Waals surface area contributed by atoms with Crippen molar-refractivity contribution >= 4 is 11.6 Å². The van der Waals surface area contributed by atoms with Gasteiger partial charge in [-0.15, -0.1) is 0 Å². The van der Waals surface area contributed by atoms with Crippen molar-refractivity contribution in [2.45, 2.75) is 0 Å². The summed E-state index contributed by atoms with van der Waals surface area (Å²) in [4.78, 5) is 0. The Hall–Kier alpha value is -2.56. The third-order valence-corrected chi connectivity index (χ3v) is 2.66. The van der Waals surface area contributed by atoms with Gasteiger partial charge in [0.25, 0.3) is 0 Å². The number of nitriles is 2. The average Bonchev–Trinajstić information content (AvgIpc) is 2.41. The van der Waals surface area contributed by atoms with Crippen LogP contribution in [-0.2, 0) is 0 Å². The summed E-state index contributed by atoms with van der Waals surface area (Å²) >= 11 is 5.94. The van der Waals surface area contributed by atoms with E-state index >= 15 is 0 Å². The minimum absolute atomic E-state index is 0.0779. The molecule has 2 aromatic carbocycles. The third-order valence-electron chi connectivity index (χ3n) is 2.37. The van der Waals surface area contributed by atoms with Gasteiger partial charge < -0.3 is 4.74 Å². The van der Waals surface area contributed by atoms with Crippen LogP contribution in [0, 0.1) is 28.5 Å². The van der Waals surface area contributed by atoms with Gasteiger partial charge in [-0.05, 0) is 30.3 Å². The van der Waals surface area contributed by atoms with Crippen LogP contribution in [0.15, 0.2) is 36.4 Å². The maximum absolute atomic E-state index is 13.4. The molecule has 0 heterocycles. The van der Waals surface area contributed by atoms with Crippen molar-refractivity contribution in [3.63, 3.8) is 0 Å². The molecule has 5 heteroatoms. The zero-order valence-electron chi connectivity index (χ0n) is 9.52. The standard InChI is InChI=1S/C14H6ClFN2O/c15-11-6-9(7-17)4-5-14(11)19-13-3-1-2-12(16)10(13)8-18/h1-6H. The van der Waals surface area contributed by atoms with Crippen LogP contribution in [0.2, 0.25) is 5.02 Å². The molecule has 0 bridgehead atoms. The van der Waals surface area contributed by atoms with Gasteiger partial charge in [0, 0.05) is 0 Å². The van der Waals surface area contributed by atoms with Crippen molar-refractivity contribution in [3.8, 4) is 23.6 Å². The zero-order valence-corrected chi connectivity index (χ0v) is 10.3. The van der Waals surface area contributed by atoms with Crippen LogP contribution in [0.1, 0.15) is 11.1 Å². The van der Waals surface area contributed by atoms with E-state index in [9.17, 15) is 4.39 Å². The summed E-state index contributed by atoms with van der Waals surface area (Å²) < 4.78 is 18.8. The van der Waals surface area contributed by atoms with E-state index in [0.29, 0.717) is 5.56 Å². The molecule has 0 atom stereocenters. The molecule has 92 valence electrons. The summed E-state index contributed by atoms with van der Waals surface area (Å²) in [7, 11) is 0. The van der Waals surface area contributed by atoms with Crippen LogP contribution in [0.4, 0.5) is 4.39 Å². The van der Waals surface area contributed by atoms with Crippen molar-refractivity contribution < 1.29 is 9.13 Å². The number of hydrogen-bond acceptors (Lipinski definition) is 3. The molecule has 0 spiro atoms. The van der Waals surface area contributed by atoms with Gasteiger partial charge in [-0.1, -0.05) is 17.7 Å². The summed E-state index contributed by atoms with van der Waals surface area (Å²) in [6, 6.07) is 12.2. The Balaban J connectivity index is 2.41. The molecule has 0 aliphatic rings. The van der Waals surface area contributed by atoms with Crippen LogP contribution < -0.4 is 4.74 Å². The molecule has 3 nitrogen and oxygen atoms in total. The highest BCUT2D eigenvalue weighted by Gasteiger charge is 2.11. The molecule has 19 heavy (non-hydrogen) atoms. The fourth-order valence-electron chi connectivity index (χ4n) is 1.47. The van der Waals surface area contributed by atoms with E-state index in [1.165, 1.54) is 36.4 Å². The third kappa shape index (κ3) is 2.65. The Kier molecular flexibility index (Phi) is 3.66. The average molecular weight is 273 g/mol. The van der Waals surface area contributed by atoms with E-state index < -0.39 is 5.82 Å². The smallest absolute Gasteiger partial charge is 0.148 e. The minimum atomic E-state index is -0.662. The maximum atomic E-state index is 13.4. The van der Waals surface area contributed by atoms with Gasteiger partial charge in [0.1, 0.15) is 28.9 Å². The highest BCUT2D eigenvalue weighted by Crippen LogP contribution is 2.32. The van der Waals surface area contributed by atoms with Crippen molar-refractivity contribution in [2.75, 3.05) is 0 Å². The molecule has 0 aromatic heterocycles. The summed E-state index contributed by atoms with van der Waals surface area (Å²) in [6.07, 6.45) is 0. The van der Waals surface area contributed by atoms with E-state index in [1.54, 1.807) is 6.07 Å². The zero-order chi connectivity index (χ0) is 13.8. The Morgan fingerprint density at radius 3 is 2.47 bits per heavy atom. The van der Waals surface area contributed by atoms with Gasteiger partial charge in [-0.25, -0.2) is 4.39 Å². The number of halogens is 2. The quantitative estimate of drug-likeness (QED) is 0.830. The lowest BCUT2D eigenvalue weighted by Gasteiger charge is -2.09. The summed E-state index contributed by atoms with van der Waals surface area (Å²) in [6.45, 7) is 0. The molecule has 0 fully saturated rings. The summed E-state index contributed by atoms with van der Waals surface area (Å²) in [5.74, 6) is -0.332. The van der Waals surface area contributed by atoms with Gasteiger partial charge >= 0.3 is 0 Å². The topological polar surface area (TPSA) is 56.8 Å². The lowest BCUT2D eigenvalue weighted by molar-refractivity contribution is 0.474. The van der Waals surface area contributed by atoms with Crippen LogP contribution in [-0.4, -0.2) is 0 Å². The fraction of sp³-hybridized carbons (Fsp3) is 0. The molecule has 0 aliphatic carbocycles. The maximum Gasteiger partial charge on any atom is 0.148 e. The SMILES string of the molecule is N#Cc1ccc(Oc2cccc(F)c2C#N)c(Cl)c1. The molecule has 0 unspecified atom stereocenters. The first-order valence-electron chi connectivity index (χ1n) is 5.22. The van der Waals surface area contributed by atoms with Crippen molar-refractivity contribution in [1.82, 2.24) is 0 Å². The lowest BCUT2D eigenvalue weighted by Crippen LogP contribution is -1.92. The molecular formula is C14H6ClFN2O. The first kappa shape index (κ1) is 12.9. The van der Waals surface area contributed by atoms with Crippen LogP contribution in [0.5, 0.6) is 11.5 Å². The van der Waals surface area contributed by atoms with Gasteiger partial charge in [0.2, 0.25) is 0 Å². The second kappa shape index (κ2) is 5.39. The van der Waals surface area contributed by atoms with Crippen molar-refractivity contribution in [1.29, 1.82) is 10.5 Å². The van der Waals surface area contributed by atoms with Crippen LogP contribution in [0.3, 0.4) is 0 Å². The normalized spacial score (nSPS) is 9.47. The number of benzene rings is 2. The second-order valence-corrected chi connectivity index (χ2v) is 3.99. The predicted octanol–water partition coefficient (Wildman–Crippen LogP) is 4.01. The molecule has 0 saturated heterocycles. The van der Waals surface area contributed by atoms with E-state index in [-0.39, 0.29) is 22.1 Å². The molecule has 2 rings (SSSR count). The van der Waals surface area contributed by atoms with Gasteiger partial charge in [-0.2, -0.15) is 10.5 Å². The number of hydrogen-bond donors (Lipinski definition) is 0. The molecular weight excluding hydrogens is 267 g/mol. The summed E-state index contributed by atoms with van der Waals surface area (Å²) in [5, 5.41) is 17.8. The van der Waals surface area contributed by atoms with E-state index in [0.717, 1.165) is 0 Å². The van der Waals surface area contributed by atoms with E-state index in [4.69, 9.17) is 26.9 Å². The van der Waals surface area contributed by atoms with Crippen LogP contribution >= 0.6 is 11.6 Å². The monoisotopic (exact) mass is 272 g/mol. The Morgan fingerprint density at radius 2 is 1.84 bits per heavy atom. The van der Waals surface area contributed by atoms with Gasteiger partial charge in [0.15, 0.2) is 0 Å². The lowest BCUT2D eigenvalue weighted by atomic mass is 10.2. The van der Waals surface area contributed by atoms with E-state index in [2.05, 4.69) is 0 Å². The van der Waals surface area contributed by atoms with E-state index in [1.807, 2.05) is 6.07 Å². The Bertz CT molecular complexity index is 716. The number of ether oxygens (including phenoxy) is 1. The van der Waals surface area contributed by atoms with Crippen molar-refractivity contribution in [2.24, 2.45) is 0 Å². The van der Waals surface area contributed by atoms with Gasteiger partial charge in [-0.3, -0.25) is 0 Å². The molecule has 0 amide bonds. The first-order valence-corrected chi connectivity index (χ1v) is 5.59. The predicted molar refractivity (Wildman–Crippen MR) is 67.4 cm³/mol. The molecule has 0 aliphatic heterocycles. The molecule has 0 saturated carbocycles. The Labute approximate surface area is 114 Å². The number of rotatable bonds is 2. The Morgan fingerprint density at radius 1 is 1.05 bits per heavy atom. The van der Waals surface area contributed by atoms with Crippen LogP contribution in [0.25, 0.3) is 0 Å². The van der Waals surface area contributed by atoms with Crippen molar-refractivity contribution in [3.05, 3.63) is 58.4 Å². The number of nitrogens with zero attached hydrogens (tertiary/aromatic N) is 2. The minimum Gasteiger partial charge on any atom is -0.454 e. The molecule has 2 aromatic rings. The second-order valence-electron chi connectivity index (χ2n) is 3.58. The molecule has 0 N–H and O–H groups in total.